The fraction of sp³-hybridized carbons (Fsp3) is 0.944. The molecule has 0 saturated carbocycles. The number of unbranched alkanes of at least 4 members (excludes halogenated alkanes) is 10. The summed E-state index contributed by atoms with van der Waals surface area (Å²) in [6.07, 6.45) is 15.1. The van der Waals surface area contributed by atoms with Gasteiger partial charge in [-0.05, 0) is 19.3 Å². The minimum absolute atomic E-state index is 0.0726. The van der Waals surface area contributed by atoms with Crippen molar-refractivity contribution in [1.29, 1.82) is 0 Å². The summed E-state index contributed by atoms with van der Waals surface area (Å²) >= 11 is 0. The van der Waals surface area contributed by atoms with Crippen LogP contribution in [-0.2, 0) is 4.79 Å². The molecule has 136 valence electrons. The Labute approximate surface area is 141 Å². The van der Waals surface area contributed by atoms with E-state index in [1.54, 1.807) is 0 Å². The number of nitro groups is 1. The highest BCUT2D eigenvalue weighted by Gasteiger charge is 2.12. The maximum absolute atomic E-state index is 10.8. The summed E-state index contributed by atoms with van der Waals surface area (Å²) in [7, 11) is 0. The van der Waals surface area contributed by atoms with Gasteiger partial charge in [0.2, 0.25) is 0 Å². The second-order valence-electron chi connectivity index (χ2n) is 6.52. The van der Waals surface area contributed by atoms with E-state index in [-0.39, 0.29) is 12.5 Å². The molecule has 0 bridgehead atoms. The predicted molar refractivity (Wildman–Crippen MR) is 92.9 cm³/mol. The molecule has 1 amide bonds. The summed E-state index contributed by atoms with van der Waals surface area (Å²) in [5.74, 6) is -0.863. The zero-order valence-corrected chi connectivity index (χ0v) is 14.8. The molecule has 0 aromatic heterocycles. The van der Waals surface area contributed by atoms with Crippen molar-refractivity contribution >= 4 is 5.91 Å². The van der Waals surface area contributed by atoms with Gasteiger partial charge in [0.05, 0.1) is 12.5 Å². The Kier molecular flexibility index (Phi) is 15.2. The van der Waals surface area contributed by atoms with E-state index in [1.807, 2.05) is 0 Å². The van der Waals surface area contributed by atoms with Crippen LogP contribution >= 0.6 is 0 Å². The van der Waals surface area contributed by atoms with Crippen LogP contribution in [0, 0.1) is 10.1 Å². The molecule has 0 spiro atoms. The van der Waals surface area contributed by atoms with Crippen molar-refractivity contribution in [2.75, 3.05) is 0 Å². The van der Waals surface area contributed by atoms with Gasteiger partial charge in [-0.1, -0.05) is 77.6 Å². The fourth-order valence-corrected chi connectivity index (χ4v) is 2.76. The molecular weight excluding hydrogens is 294 g/mol. The lowest BCUT2D eigenvalue weighted by Crippen LogP contribution is -2.10. The van der Waals surface area contributed by atoms with Crippen molar-refractivity contribution in [3.63, 3.8) is 0 Å². The Bertz CT molecular complexity index is 307. The Hall–Kier alpha value is -0.970. The summed E-state index contributed by atoms with van der Waals surface area (Å²) in [5, 5.41) is 20.0. The molecule has 5 heteroatoms. The molecule has 0 aromatic carbocycles. The van der Waals surface area contributed by atoms with E-state index >= 15 is 0 Å². The first-order valence-electron chi connectivity index (χ1n) is 9.43. The number of hydrogen-bond acceptors (Lipinski definition) is 4. The molecule has 0 rings (SSSR count). The van der Waals surface area contributed by atoms with Gasteiger partial charge in [-0.3, -0.25) is 10.1 Å². The minimum Gasteiger partial charge on any atom is -0.393 e. The lowest BCUT2D eigenvalue weighted by atomic mass is 10.0. The number of carbonyl (C=O) groups excluding carboxylic acids is 1. The Morgan fingerprint density at radius 3 is 1.78 bits per heavy atom. The lowest BCUT2D eigenvalue weighted by molar-refractivity contribution is -0.402. The summed E-state index contributed by atoms with van der Waals surface area (Å²) in [5.41, 5.74) is 0. The topological polar surface area (TPSA) is 80.4 Å². The summed E-state index contributed by atoms with van der Waals surface area (Å²) in [4.78, 5) is 20.1. The van der Waals surface area contributed by atoms with Gasteiger partial charge < -0.3 is 5.11 Å². The van der Waals surface area contributed by atoms with Gasteiger partial charge in [0, 0.05) is 0 Å². The van der Waals surface area contributed by atoms with Crippen molar-refractivity contribution in [3.8, 4) is 0 Å². The first-order chi connectivity index (χ1) is 11.1. The summed E-state index contributed by atoms with van der Waals surface area (Å²) in [6.45, 7) is 2.20. The van der Waals surface area contributed by atoms with Gasteiger partial charge in [0.1, 0.15) is 4.92 Å². The molecule has 1 unspecified atom stereocenters. The monoisotopic (exact) mass is 329 g/mol. The van der Waals surface area contributed by atoms with E-state index in [0.717, 1.165) is 44.9 Å². The van der Waals surface area contributed by atoms with E-state index in [1.165, 1.54) is 38.5 Å². The first-order valence-corrected chi connectivity index (χ1v) is 9.43. The minimum atomic E-state index is -0.863. The maximum Gasteiger partial charge on any atom is 0.444 e. The van der Waals surface area contributed by atoms with Gasteiger partial charge in [-0.15, -0.1) is 0 Å². The number of amides is 1. The molecule has 0 fully saturated rings. The van der Waals surface area contributed by atoms with E-state index in [2.05, 4.69) is 6.92 Å². The van der Waals surface area contributed by atoms with Crippen LogP contribution in [0.25, 0.3) is 0 Å². The molecular formula is C18H35NO4. The molecule has 0 aliphatic heterocycles. The Morgan fingerprint density at radius 2 is 1.30 bits per heavy atom. The third-order valence-electron chi connectivity index (χ3n) is 4.27. The fourth-order valence-electron chi connectivity index (χ4n) is 2.76. The van der Waals surface area contributed by atoms with Crippen LogP contribution in [0.3, 0.4) is 0 Å². The zero-order chi connectivity index (χ0) is 17.3. The van der Waals surface area contributed by atoms with Crippen molar-refractivity contribution < 1.29 is 14.8 Å². The van der Waals surface area contributed by atoms with Gasteiger partial charge in [0.15, 0.2) is 0 Å². The summed E-state index contributed by atoms with van der Waals surface area (Å²) < 4.78 is 0. The van der Waals surface area contributed by atoms with Crippen LogP contribution in [-0.4, -0.2) is 22.0 Å². The first kappa shape index (κ1) is 22.0. The van der Waals surface area contributed by atoms with Crippen molar-refractivity contribution in [3.05, 3.63) is 10.1 Å². The van der Waals surface area contributed by atoms with Crippen LogP contribution < -0.4 is 0 Å². The molecule has 0 heterocycles. The normalized spacial score (nSPS) is 12.3. The standard InChI is InChI=1S/C18H35NO4/c1-2-3-4-11-14-17(20)15-12-9-7-5-6-8-10-13-16-18(21)19(22)23/h17,20H,2-16H2,1H3. The molecule has 5 nitrogen and oxygen atoms in total. The Morgan fingerprint density at radius 1 is 0.870 bits per heavy atom. The van der Waals surface area contributed by atoms with Crippen molar-refractivity contribution in [1.82, 2.24) is 0 Å². The smallest absolute Gasteiger partial charge is 0.393 e. The van der Waals surface area contributed by atoms with Crippen molar-refractivity contribution in [2.24, 2.45) is 0 Å². The van der Waals surface area contributed by atoms with E-state index in [9.17, 15) is 20.0 Å². The molecule has 0 aromatic rings. The molecule has 0 aliphatic carbocycles. The third kappa shape index (κ3) is 15.7. The van der Waals surface area contributed by atoms with E-state index in [0.29, 0.717) is 6.42 Å². The van der Waals surface area contributed by atoms with Crippen LogP contribution in [0.4, 0.5) is 0 Å². The average molecular weight is 329 g/mol. The molecule has 0 radical (unpaired) electrons. The van der Waals surface area contributed by atoms with Gasteiger partial charge in [-0.2, -0.15) is 0 Å². The number of rotatable bonds is 16. The van der Waals surface area contributed by atoms with Gasteiger partial charge in [0.25, 0.3) is 0 Å². The molecule has 0 saturated heterocycles. The van der Waals surface area contributed by atoms with Gasteiger partial charge >= 0.3 is 5.91 Å². The van der Waals surface area contributed by atoms with Crippen molar-refractivity contribution in [2.45, 2.75) is 109 Å². The number of nitrogens with zero attached hydrogens (tertiary/aromatic N) is 1. The number of aliphatic hydroxyl groups is 1. The zero-order valence-electron chi connectivity index (χ0n) is 14.8. The highest BCUT2D eigenvalue weighted by molar-refractivity contribution is 5.66. The third-order valence-corrected chi connectivity index (χ3v) is 4.27. The lowest BCUT2D eigenvalue weighted by Gasteiger charge is -2.10. The molecule has 1 N–H and O–H groups in total. The molecule has 23 heavy (non-hydrogen) atoms. The number of hydrogen-bond donors (Lipinski definition) is 1. The van der Waals surface area contributed by atoms with Crippen LogP contribution in [0.2, 0.25) is 0 Å². The van der Waals surface area contributed by atoms with Gasteiger partial charge in [-0.25, -0.2) is 4.79 Å². The highest BCUT2D eigenvalue weighted by atomic mass is 16.6. The Balaban J connectivity index is 3.21. The molecule has 0 aliphatic rings. The van der Waals surface area contributed by atoms with E-state index < -0.39 is 10.8 Å². The second kappa shape index (κ2) is 15.9. The molecule has 1 atom stereocenters. The predicted octanol–water partition coefficient (Wildman–Crippen LogP) is 5.02. The SMILES string of the molecule is CCCCCCC(O)CCCCCCCCCCC(=O)[N+](=O)[O-]. The highest BCUT2D eigenvalue weighted by Crippen LogP contribution is 2.14. The summed E-state index contributed by atoms with van der Waals surface area (Å²) in [6, 6.07) is 0. The quantitative estimate of drug-likeness (QED) is 0.245. The van der Waals surface area contributed by atoms with Crippen LogP contribution in [0.5, 0.6) is 0 Å². The van der Waals surface area contributed by atoms with Crippen LogP contribution in [0.1, 0.15) is 103 Å². The largest absolute Gasteiger partial charge is 0.444 e. The van der Waals surface area contributed by atoms with E-state index in [4.69, 9.17) is 0 Å². The second-order valence-corrected chi connectivity index (χ2v) is 6.52. The number of aliphatic hydroxyl groups excluding tert-OH is 1. The van der Waals surface area contributed by atoms with Crippen LogP contribution in [0.15, 0.2) is 0 Å². The number of carbonyl (C=O) groups is 1. The maximum atomic E-state index is 10.8. The average Bonchev–Trinajstić information content (AvgIpc) is 2.53.